The smallest absolute Gasteiger partial charge is 0.313 e. The van der Waals surface area contributed by atoms with Crippen LogP contribution in [0.5, 0.6) is 0 Å². The summed E-state index contributed by atoms with van der Waals surface area (Å²) in [5.41, 5.74) is 5.79. The molecule has 2 N–H and O–H groups in total. The van der Waals surface area contributed by atoms with E-state index in [1.165, 1.54) is 5.56 Å². The number of aryl methyl sites for hydroxylation is 4. The van der Waals surface area contributed by atoms with Gasteiger partial charge in [-0.05, 0) is 49.9 Å². The molecule has 2 amide bonds. The fourth-order valence-corrected chi connectivity index (χ4v) is 3.36. The van der Waals surface area contributed by atoms with Gasteiger partial charge in [0.1, 0.15) is 0 Å². The van der Waals surface area contributed by atoms with Gasteiger partial charge in [-0.1, -0.05) is 55.8 Å². The summed E-state index contributed by atoms with van der Waals surface area (Å²) in [6, 6.07) is 12.1. The lowest BCUT2D eigenvalue weighted by molar-refractivity contribution is -0.136. The van der Waals surface area contributed by atoms with Crippen LogP contribution in [0.15, 0.2) is 36.4 Å². The lowest BCUT2D eigenvalue weighted by atomic mass is 9.82. The molecule has 0 radical (unpaired) electrons. The Morgan fingerprint density at radius 2 is 1.46 bits per heavy atom. The molecule has 4 heteroatoms. The molecule has 2 aromatic carbocycles. The topological polar surface area (TPSA) is 58.2 Å². The minimum absolute atomic E-state index is 0.267. The molecular formula is C22H28N2O2. The van der Waals surface area contributed by atoms with Crippen LogP contribution >= 0.6 is 0 Å². The number of benzene rings is 2. The van der Waals surface area contributed by atoms with E-state index in [0.29, 0.717) is 12.2 Å². The van der Waals surface area contributed by atoms with Gasteiger partial charge >= 0.3 is 11.8 Å². The van der Waals surface area contributed by atoms with Crippen LogP contribution in [0.1, 0.15) is 41.7 Å². The van der Waals surface area contributed by atoms with Gasteiger partial charge in [0.15, 0.2) is 0 Å². The van der Waals surface area contributed by atoms with Gasteiger partial charge in [-0.25, -0.2) is 0 Å². The first-order valence-corrected chi connectivity index (χ1v) is 8.85. The SMILES string of the molecule is Cc1cc(C)c(NC(=O)C(=O)NCC(C)(C)c2ccccc2C)c(C)c1. The van der Waals surface area contributed by atoms with Gasteiger partial charge in [0.25, 0.3) is 0 Å². The highest BCUT2D eigenvalue weighted by atomic mass is 16.2. The maximum atomic E-state index is 12.3. The summed E-state index contributed by atoms with van der Waals surface area (Å²) < 4.78 is 0. The van der Waals surface area contributed by atoms with Crippen LogP contribution < -0.4 is 10.6 Å². The van der Waals surface area contributed by atoms with Crippen molar-refractivity contribution in [1.29, 1.82) is 0 Å². The van der Waals surface area contributed by atoms with Gasteiger partial charge in [-0.2, -0.15) is 0 Å². The van der Waals surface area contributed by atoms with Crippen molar-refractivity contribution in [2.45, 2.75) is 47.0 Å². The van der Waals surface area contributed by atoms with Crippen LogP contribution in [0.3, 0.4) is 0 Å². The van der Waals surface area contributed by atoms with Crippen LogP contribution in [0, 0.1) is 27.7 Å². The minimum atomic E-state index is -0.638. The predicted molar refractivity (Wildman–Crippen MR) is 106 cm³/mol. The zero-order valence-electron chi connectivity index (χ0n) is 16.5. The first kappa shape index (κ1) is 19.7. The van der Waals surface area contributed by atoms with E-state index >= 15 is 0 Å². The second-order valence-corrected chi connectivity index (χ2v) is 7.61. The molecule has 0 bridgehead atoms. The highest BCUT2D eigenvalue weighted by Gasteiger charge is 2.25. The first-order valence-electron chi connectivity index (χ1n) is 8.85. The van der Waals surface area contributed by atoms with Crippen molar-refractivity contribution in [2.24, 2.45) is 0 Å². The standard InChI is InChI=1S/C22H28N2O2/c1-14-11-16(3)19(17(4)12-14)24-21(26)20(25)23-13-22(5,6)18-10-8-7-9-15(18)2/h7-12H,13H2,1-6H3,(H,23,25)(H,24,26). The van der Waals surface area contributed by atoms with Crippen molar-refractivity contribution in [3.8, 4) is 0 Å². The van der Waals surface area contributed by atoms with Crippen molar-refractivity contribution in [1.82, 2.24) is 5.32 Å². The summed E-state index contributed by atoms with van der Waals surface area (Å²) in [4.78, 5) is 24.6. The van der Waals surface area contributed by atoms with Crippen LogP contribution in [-0.2, 0) is 15.0 Å². The van der Waals surface area contributed by atoms with Crippen molar-refractivity contribution >= 4 is 17.5 Å². The Bertz CT molecular complexity index is 815. The molecule has 0 spiro atoms. The number of hydrogen-bond donors (Lipinski definition) is 2. The van der Waals surface area contributed by atoms with E-state index in [1.54, 1.807) is 0 Å². The third-order valence-corrected chi connectivity index (χ3v) is 4.69. The van der Waals surface area contributed by atoms with Crippen molar-refractivity contribution in [2.75, 3.05) is 11.9 Å². The molecule has 0 fully saturated rings. The van der Waals surface area contributed by atoms with Gasteiger partial charge < -0.3 is 10.6 Å². The molecule has 0 aliphatic heterocycles. The molecule has 0 aliphatic rings. The third kappa shape index (κ3) is 4.51. The molecule has 0 aromatic heterocycles. The minimum Gasteiger partial charge on any atom is -0.347 e. The number of amides is 2. The highest BCUT2D eigenvalue weighted by Crippen LogP contribution is 2.25. The summed E-state index contributed by atoms with van der Waals surface area (Å²) >= 11 is 0. The lowest BCUT2D eigenvalue weighted by Gasteiger charge is -2.27. The van der Waals surface area contributed by atoms with Crippen LogP contribution in [0.2, 0.25) is 0 Å². The summed E-state index contributed by atoms with van der Waals surface area (Å²) in [5, 5.41) is 5.51. The number of carbonyl (C=O) groups is 2. The van der Waals surface area contributed by atoms with E-state index < -0.39 is 11.8 Å². The lowest BCUT2D eigenvalue weighted by Crippen LogP contribution is -2.42. The first-order chi connectivity index (χ1) is 12.1. The molecule has 2 aromatic rings. The van der Waals surface area contributed by atoms with Crippen molar-refractivity contribution in [3.63, 3.8) is 0 Å². The van der Waals surface area contributed by atoms with Gasteiger partial charge in [0, 0.05) is 17.6 Å². The number of anilines is 1. The Labute approximate surface area is 156 Å². The van der Waals surface area contributed by atoms with Gasteiger partial charge in [-0.3, -0.25) is 9.59 Å². The molecular weight excluding hydrogens is 324 g/mol. The molecule has 0 heterocycles. The molecule has 0 atom stereocenters. The van der Waals surface area contributed by atoms with E-state index in [-0.39, 0.29) is 5.41 Å². The molecule has 0 saturated heterocycles. The molecule has 2 rings (SSSR count). The van der Waals surface area contributed by atoms with Gasteiger partial charge in [-0.15, -0.1) is 0 Å². The monoisotopic (exact) mass is 352 g/mol. The summed E-state index contributed by atoms with van der Waals surface area (Å²) in [5.74, 6) is -1.26. The number of nitrogens with one attached hydrogen (secondary N) is 2. The molecule has 138 valence electrons. The molecule has 4 nitrogen and oxygen atoms in total. The van der Waals surface area contributed by atoms with Crippen LogP contribution in [0.4, 0.5) is 5.69 Å². The third-order valence-electron chi connectivity index (χ3n) is 4.69. The number of hydrogen-bond acceptors (Lipinski definition) is 2. The summed E-state index contributed by atoms with van der Waals surface area (Å²) in [7, 11) is 0. The fourth-order valence-electron chi connectivity index (χ4n) is 3.36. The second kappa shape index (κ2) is 7.73. The molecule has 0 aliphatic carbocycles. The van der Waals surface area contributed by atoms with Crippen LogP contribution in [0.25, 0.3) is 0 Å². The van der Waals surface area contributed by atoms with E-state index in [1.807, 2.05) is 45.0 Å². The highest BCUT2D eigenvalue weighted by molar-refractivity contribution is 6.39. The fraction of sp³-hybridized carbons (Fsp3) is 0.364. The maximum Gasteiger partial charge on any atom is 0.313 e. The largest absolute Gasteiger partial charge is 0.347 e. The Kier molecular flexibility index (Phi) is 5.86. The van der Waals surface area contributed by atoms with Crippen molar-refractivity contribution in [3.05, 3.63) is 64.2 Å². The average Bonchev–Trinajstić information content (AvgIpc) is 2.56. The molecule has 26 heavy (non-hydrogen) atoms. The number of rotatable bonds is 4. The zero-order valence-corrected chi connectivity index (χ0v) is 16.5. The van der Waals surface area contributed by atoms with E-state index in [2.05, 4.69) is 43.5 Å². The Morgan fingerprint density at radius 3 is 2.04 bits per heavy atom. The predicted octanol–water partition coefficient (Wildman–Crippen LogP) is 3.95. The van der Waals surface area contributed by atoms with Crippen molar-refractivity contribution < 1.29 is 9.59 Å². The van der Waals surface area contributed by atoms with Crippen LogP contribution in [-0.4, -0.2) is 18.4 Å². The normalized spacial score (nSPS) is 11.2. The van der Waals surface area contributed by atoms with E-state index in [0.717, 1.165) is 22.3 Å². The van der Waals surface area contributed by atoms with E-state index in [4.69, 9.17) is 0 Å². The molecule has 0 unspecified atom stereocenters. The number of carbonyl (C=O) groups excluding carboxylic acids is 2. The summed E-state index contributed by atoms with van der Waals surface area (Å²) in [6.45, 7) is 12.4. The van der Waals surface area contributed by atoms with E-state index in [9.17, 15) is 9.59 Å². The Balaban J connectivity index is 2.04. The second-order valence-electron chi connectivity index (χ2n) is 7.61. The maximum absolute atomic E-state index is 12.3. The van der Waals surface area contributed by atoms with Gasteiger partial charge in [0.2, 0.25) is 0 Å². The molecule has 0 saturated carbocycles. The van der Waals surface area contributed by atoms with Gasteiger partial charge in [0.05, 0.1) is 0 Å². The Hall–Kier alpha value is -2.62. The summed E-state index contributed by atoms with van der Waals surface area (Å²) in [6.07, 6.45) is 0. The quantitative estimate of drug-likeness (QED) is 0.819. The Morgan fingerprint density at radius 1 is 0.885 bits per heavy atom. The zero-order chi connectivity index (χ0) is 19.5. The average molecular weight is 352 g/mol.